The lowest BCUT2D eigenvalue weighted by atomic mass is 9.69. The van der Waals surface area contributed by atoms with E-state index in [1.165, 1.54) is 37.7 Å². The van der Waals surface area contributed by atoms with Crippen molar-refractivity contribution in [2.75, 3.05) is 13.7 Å². The molecule has 1 aromatic carbocycles. The molecule has 0 amide bonds. The maximum absolute atomic E-state index is 6.51. The second kappa shape index (κ2) is 7.31. The zero-order chi connectivity index (χ0) is 16.3. The second-order valence-corrected chi connectivity index (χ2v) is 7.47. The molecular formula is C19H28ClNO2. The summed E-state index contributed by atoms with van der Waals surface area (Å²) < 4.78 is 11.8. The molecule has 2 aliphatic rings. The van der Waals surface area contributed by atoms with Crippen molar-refractivity contribution in [3.63, 3.8) is 0 Å². The molecule has 1 aromatic rings. The third-order valence-electron chi connectivity index (χ3n) is 5.62. The van der Waals surface area contributed by atoms with Gasteiger partial charge in [0, 0.05) is 12.0 Å². The smallest absolute Gasteiger partial charge is 0.179 e. The third kappa shape index (κ3) is 3.46. The van der Waals surface area contributed by atoms with Gasteiger partial charge in [0.2, 0.25) is 0 Å². The summed E-state index contributed by atoms with van der Waals surface area (Å²) in [7, 11) is 1.65. The van der Waals surface area contributed by atoms with Crippen molar-refractivity contribution in [3.8, 4) is 11.5 Å². The lowest BCUT2D eigenvalue weighted by Gasteiger charge is -2.37. The Bertz CT molecular complexity index is 534. The van der Waals surface area contributed by atoms with Gasteiger partial charge in [0.15, 0.2) is 11.5 Å². The molecule has 0 unspecified atom stereocenters. The van der Waals surface area contributed by atoms with Crippen LogP contribution < -0.4 is 15.2 Å². The van der Waals surface area contributed by atoms with Gasteiger partial charge in [0.25, 0.3) is 0 Å². The normalized spacial score (nSPS) is 21.3. The molecule has 0 aromatic heterocycles. The van der Waals surface area contributed by atoms with E-state index in [0.717, 1.165) is 31.4 Å². The summed E-state index contributed by atoms with van der Waals surface area (Å²) in [4.78, 5) is 0. The Kier molecular flexibility index (Phi) is 5.38. The fourth-order valence-corrected chi connectivity index (χ4v) is 4.47. The van der Waals surface area contributed by atoms with Crippen LogP contribution in [-0.4, -0.2) is 19.8 Å². The van der Waals surface area contributed by atoms with Gasteiger partial charge in [-0.2, -0.15) is 0 Å². The Morgan fingerprint density at radius 1 is 1.13 bits per heavy atom. The van der Waals surface area contributed by atoms with Crippen LogP contribution in [0.4, 0.5) is 0 Å². The SMILES string of the molecule is COc1c(Cl)cc(C2(CN)CCCCC2)cc1OC1CCCC1. The van der Waals surface area contributed by atoms with Gasteiger partial charge in [-0.15, -0.1) is 0 Å². The molecule has 0 saturated heterocycles. The molecule has 23 heavy (non-hydrogen) atoms. The number of halogens is 1. The van der Waals surface area contributed by atoms with Crippen LogP contribution >= 0.6 is 11.6 Å². The molecule has 0 heterocycles. The third-order valence-corrected chi connectivity index (χ3v) is 5.90. The van der Waals surface area contributed by atoms with Crippen LogP contribution in [0.1, 0.15) is 63.4 Å². The highest BCUT2D eigenvalue weighted by Gasteiger charge is 2.34. The Balaban J connectivity index is 1.95. The Morgan fingerprint density at radius 2 is 1.83 bits per heavy atom. The van der Waals surface area contributed by atoms with Crippen LogP contribution in [-0.2, 0) is 5.41 Å². The van der Waals surface area contributed by atoms with Crippen molar-refractivity contribution in [2.24, 2.45) is 5.73 Å². The molecule has 2 fully saturated rings. The average molecular weight is 338 g/mol. The fraction of sp³-hybridized carbons (Fsp3) is 0.684. The predicted molar refractivity (Wildman–Crippen MR) is 94.7 cm³/mol. The minimum Gasteiger partial charge on any atom is -0.491 e. The molecule has 0 bridgehead atoms. The molecule has 0 radical (unpaired) electrons. The topological polar surface area (TPSA) is 44.5 Å². The van der Waals surface area contributed by atoms with E-state index in [9.17, 15) is 0 Å². The zero-order valence-corrected chi connectivity index (χ0v) is 14.8. The molecule has 2 N–H and O–H groups in total. The van der Waals surface area contributed by atoms with Gasteiger partial charge in [0.05, 0.1) is 18.2 Å². The van der Waals surface area contributed by atoms with E-state index in [1.54, 1.807) is 7.11 Å². The van der Waals surface area contributed by atoms with Gasteiger partial charge >= 0.3 is 0 Å². The minimum atomic E-state index is 0.0436. The Morgan fingerprint density at radius 3 is 2.43 bits per heavy atom. The van der Waals surface area contributed by atoms with Gasteiger partial charge < -0.3 is 15.2 Å². The van der Waals surface area contributed by atoms with E-state index in [-0.39, 0.29) is 11.5 Å². The lowest BCUT2D eigenvalue weighted by molar-refractivity contribution is 0.199. The first-order chi connectivity index (χ1) is 11.2. The van der Waals surface area contributed by atoms with Crippen molar-refractivity contribution in [1.82, 2.24) is 0 Å². The maximum atomic E-state index is 6.51. The molecular weight excluding hydrogens is 310 g/mol. The molecule has 3 rings (SSSR count). The van der Waals surface area contributed by atoms with E-state index in [4.69, 9.17) is 26.8 Å². The van der Waals surface area contributed by atoms with Crippen LogP contribution in [0.15, 0.2) is 12.1 Å². The molecule has 2 aliphatic carbocycles. The highest BCUT2D eigenvalue weighted by Crippen LogP contribution is 2.45. The number of benzene rings is 1. The second-order valence-electron chi connectivity index (χ2n) is 7.06. The van der Waals surface area contributed by atoms with Crippen molar-refractivity contribution in [3.05, 3.63) is 22.7 Å². The summed E-state index contributed by atoms with van der Waals surface area (Å²) in [5.41, 5.74) is 7.45. The first-order valence-electron chi connectivity index (χ1n) is 8.93. The molecule has 4 heteroatoms. The molecule has 0 aliphatic heterocycles. The van der Waals surface area contributed by atoms with Crippen LogP contribution in [0.5, 0.6) is 11.5 Å². The van der Waals surface area contributed by atoms with Crippen molar-refractivity contribution in [1.29, 1.82) is 0 Å². The standard InChI is InChI=1S/C19H28ClNO2/c1-22-18-16(20)11-14(19(13-21)9-5-2-6-10-19)12-17(18)23-15-7-3-4-8-15/h11-12,15H,2-10,13,21H2,1H3. The number of ether oxygens (including phenoxy) is 2. The number of hydrogen-bond donors (Lipinski definition) is 1. The van der Waals surface area contributed by atoms with Gasteiger partial charge in [-0.1, -0.05) is 30.9 Å². The lowest BCUT2D eigenvalue weighted by Crippen LogP contribution is -2.37. The maximum Gasteiger partial charge on any atom is 0.179 e. The predicted octanol–water partition coefficient (Wildman–Crippen LogP) is 4.83. The summed E-state index contributed by atoms with van der Waals surface area (Å²) in [6.07, 6.45) is 11.1. The van der Waals surface area contributed by atoms with Crippen LogP contribution in [0.25, 0.3) is 0 Å². The quantitative estimate of drug-likeness (QED) is 0.836. The summed E-state index contributed by atoms with van der Waals surface area (Å²) in [5, 5.41) is 0.636. The van der Waals surface area contributed by atoms with Gasteiger partial charge in [0.1, 0.15) is 0 Å². The highest BCUT2D eigenvalue weighted by atomic mass is 35.5. The Labute approximate surface area is 144 Å². The van der Waals surface area contributed by atoms with E-state index in [1.807, 2.05) is 6.07 Å². The van der Waals surface area contributed by atoms with Gasteiger partial charge in [-0.3, -0.25) is 0 Å². The first-order valence-corrected chi connectivity index (χ1v) is 9.31. The van der Waals surface area contributed by atoms with E-state index in [2.05, 4.69) is 6.07 Å². The molecule has 2 saturated carbocycles. The monoisotopic (exact) mass is 337 g/mol. The highest BCUT2D eigenvalue weighted by molar-refractivity contribution is 6.32. The minimum absolute atomic E-state index is 0.0436. The molecule has 0 spiro atoms. The van der Waals surface area contributed by atoms with E-state index < -0.39 is 0 Å². The summed E-state index contributed by atoms with van der Waals surface area (Å²) in [5.74, 6) is 1.45. The summed E-state index contributed by atoms with van der Waals surface area (Å²) in [6.45, 7) is 0.665. The molecule has 128 valence electrons. The summed E-state index contributed by atoms with van der Waals surface area (Å²) >= 11 is 6.51. The van der Waals surface area contributed by atoms with Crippen LogP contribution in [0.3, 0.4) is 0 Å². The summed E-state index contributed by atoms with van der Waals surface area (Å²) in [6, 6.07) is 4.18. The van der Waals surface area contributed by atoms with Crippen LogP contribution in [0.2, 0.25) is 5.02 Å². The largest absolute Gasteiger partial charge is 0.491 e. The Hall–Kier alpha value is -0.930. The molecule has 3 nitrogen and oxygen atoms in total. The van der Waals surface area contributed by atoms with Crippen molar-refractivity contribution >= 4 is 11.6 Å². The molecule has 0 atom stereocenters. The first kappa shape index (κ1) is 16.9. The zero-order valence-electron chi connectivity index (χ0n) is 14.1. The van der Waals surface area contributed by atoms with Crippen LogP contribution in [0, 0.1) is 0 Å². The van der Waals surface area contributed by atoms with Crippen molar-refractivity contribution < 1.29 is 9.47 Å². The number of nitrogens with two attached hydrogens (primary N) is 1. The number of methoxy groups -OCH3 is 1. The van der Waals surface area contributed by atoms with E-state index >= 15 is 0 Å². The average Bonchev–Trinajstić information content (AvgIpc) is 3.08. The number of hydrogen-bond acceptors (Lipinski definition) is 3. The van der Waals surface area contributed by atoms with E-state index in [0.29, 0.717) is 17.3 Å². The fourth-order valence-electron chi connectivity index (χ4n) is 4.19. The number of rotatable bonds is 5. The van der Waals surface area contributed by atoms with Gasteiger partial charge in [-0.25, -0.2) is 0 Å². The van der Waals surface area contributed by atoms with Gasteiger partial charge in [-0.05, 0) is 56.2 Å². The van der Waals surface area contributed by atoms with Crippen molar-refractivity contribution in [2.45, 2.75) is 69.3 Å².